The van der Waals surface area contributed by atoms with Crippen molar-refractivity contribution in [2.45, 2.75) is 13.0 Å². The average Bonchev–Trinajstić information content (AvgIpc) is 2.47. The van der Waals surface area contributed by atoms with E-state index < -0.39 is 0 Å². The Balaban J connectivity index is 2.44. The van der Waals surface area contributed by atoms with Crippen molar-refractivity contribution in [2.75, 3.05) is 7.05 Å². The van der Waals surface area contributed by atoms with E-state index in [1.54, 1.807) is 43.4 Å². The fraction of sp³-hybridized carbons (Fsp3) is 0.188. The van der Waals surface area contributed by atoms with Crippen LogP contribution in [0, 0.1) is 17.1 Å². The molecule has 2 aromatic carbocycles. The zero-order valence-corrected chi connectivity index (χ0v) is 11.4. The van der Waals surface area contributed by atoms with Crippen LogP contribution in [0.25, 0.3) is 0 Å². The van der Waals surface area contributed by atoms with Gasteiger partial charge in [-0.15, -0.1) is 0 Å². The molecule has 0 bridgehead atoms. The molecular weight excluding hydrogens is 255 g/mol. The Bertz CT molecular complexity index is 649. The third-order valence-electron chi connectivity index (χ3n) is 3.11. The van der Waals surface area contributed by atoms with Gasteiger partial charge in [0, 0.05) is 11.6 Å². The number of benzene rings is 2. The van der Waals surface area contributed by atoms with Crippen LogP contribution < -0.4 is 10.1 Å². The molecule has 0 fully saturated rings. The van der Waals surface area contributed by atoms with Gasteiger partial charge in [-0.05, 0) is 38.2 Å². The standard InChI is InChI=1S/C16H15FN2O/c1-11(19-2)16-13(17)7-5-9-15(16)20-14-8-4-3-6-12(14)10-18/h3-9,11,19H,1-2H3. The number of nitriles is 1. The quantitative estimate of drug-likeness (QED) is 0.919. The van der Waals surface area contributed by atoms with E-state index in [0.29, 0.717) is 22.6 Å². The van der Waals surface area contributed by atoms with Gasteiger partial charge in [-0.3, -0.25) is 0 Å². The van der Waals surface area contributed by atoms with Crippen LogP contribution in [-0.4, -0.2) is 7.05 Å². The Morgan fingerprint density at radius 2 is 1.85 bits per heavy atom. The van der Waals surface area contributed by atoms with Gasteiger partial charge < -0.3 is 10.1 Å². The second-order valence-electron chi connectivity index (χ2n) is 4.37. The van der Waals surface area contributed by atoms with Crippen molar-refractivity contribution in [1.82, 2.24) is 5.32 Å². The Labute approximate surface area is 117 Å². The lowest BCUT2D eigenvalue weighted by Crippen LogP contribution is -2.15. The predicted molar refractivity (Wildman–Crippen MR) is 75.1 cm³/mol. The molecule has 0 heterocycles. The number of para-hydroxylation sites is 1. The molecule has 0 spiro atoms. The van der Waals surface area contributed by atoms with Gasteiger partial charge in [-0.25, -0.2) is 4.39 Å². The second kappa shape index (κ2) is 6.18. The topological polar surface area (TPSA) is 45.0 Å². The van der Waals surface area contributed by atoms with E-state index >= 15 is 0 Å². The summed E-state index contributed by atoms with van der Waals surface area (Å²) in [6.07, 6.45) is 0. The van der Waals surface area contributed by atoms with Crippen LogP contribution in [0.2, 0.25) is 0 Å². The third-order valence-corrected chi connectivity index (χ3v) is 3.11. The molecule has 1 atom stereocenters. The molecule has 2 rings (SSSR count). The lowest BCUT2D eigenvalue weighted by atomic mass is 10.1. The SMILES string of the molecule is CNC(C)c1c(F)cccc1Oc1ccccc1C#N. The first-order chi connectivity index (χ1) is 9.67. The highest BCUT2D eigenvalue weighted by Gasteiger charge is 2.16. The van der Waals surface area contributed by atoms with Crippen LogP contribution in [0.4, 0.5) is 4.39 Å². The summed E-state index contributed by atoms with van der Waals surface area (Å²) in [5.41, 5.74) is 0.863. The summed E-state index contributed by atoms with van der Waals surface area (Å²) in [4.78, 5) is 0. The monoisotopic (exact) mass is 270 g/mol. The van der Waals surface area contributed by atoms with Crippen molar-refractivity contribution >= 4 is 0 Å². The first kappa shape index (κ1) is 14.0. The van der Waals surface area contributed by atoms with E-state index in [0.717, 1.165) is 0 Å². The molecule has 0 radical (unpaired) electrons. The molecule has 20 heavy (non-hydrogen) atoms. The van der Waals surface area contributed by atoms with Gasteiger partial charge in [0.1, 0.15) is 23.4 Å². The molecule has 0 aromatic heterocycles. The predicted octanol–water partition coefficient (Wildman–Crippen LogP) is 3.77. The molecule has 0 saturated heterocycles. The molecule has 102 valence electrons. The molecule has 1 unspecified atom stereocenters. The van der Waals surface area contributed by atoms with Crippen LogP contribution in [0.5, 0.6) is 11.5 Å². The van der Waals surface area contributed by atoms with Crippen LogP contribution >= 0.6 is 0 Å². The minimum absolute atomic E-state index is 0.194. The minimum atomic E-state index is -0.334. The maximum Gasteiger partial charge on any atom is 0.145 e. The Morgan fingerprint density at radius 1 is 1.15 bits per heavy atom. The van der Waals surface area contributed by atoms with E-state index in [1.165, 1.54) is 6.07 Å². The summed E-state index contributed by atoms with van der Waals surface area (Å²) in [6.45, 7) is 1.85. The fourth-order valence-electron chi connectivity index (χ4n) is 1.94. The molecule has 0 saturated carbocycles. The molecule has 1 N–H and O–H groups in total. The van der Waals surface area contributed by atoms with Gasteiger partial charge in [0.05, 0.1) is 5.56 Å². The molecule has 0 aliphatic rings. The number of ether oxygens (including phenoxy) is 1. The summed E-state index contributed by atoms with van der Waals surface area (Å²) in [5.74, 6) is 0.499. The summed E-state index contributed by atoms with van der Waals surface area (Å²) in [7, 11) is 1.75. The summed E-state index contributed by atoms with van der Waals surface area (Å²) in [5, 5.41) is 12.1. The number of hydrogen-bond acceptors (Lipinski definition) is 3. The van der Waals surface area contributed by atoms with Crippen LogP contribution in [0.15, 0.2) is 42.5 Å². The van der Waals surface area contributed by atoms with E-state index in [4.69, 9.17) is 10.00 Å². The second-order valence-corrected chi connectivity index (χ2v) is 4.37. The van der Waals surface area contributed by atoms with Crippen molar-refractivity contribution in [3.05, 3.63) is 59.4 Å². The van der Waals surface area contributed by atoms with Gasteiger partial charge in [0.15, 0.2) is 0 Å². The van der Waals surface area contributed by atoms with E-state index in [-0.39, 0.29) is 11.9 Å². The van der Waals surface area contributed by atoms with Gasteiger partial charge in [0.25, 0.3) is 0 Å². The normalized spacial score (nSPS) is 11.7. The van der Waals surface area contributed by atoms with Crippen molar-refractivity contribution in [1.29, 1.82) is 5.26 Å². The molecule has 4 heteroatoms. The van der Waals surface area contributed by atoms with E-state index in [9.17, 15) is 4.39 Å². The highest BCUT2D eigenvalue weighted by molar-refractivity contribution is 5.47. The van der Waals surface area contributed by atoms with E-state index in [2.05, 4.69) is 11.4 Å². The van der Waals surface area contributed by atoms with Gasteiger partial charge >= 0.3 is 0 Å². The summed E-state index contributed by atoms with van der Waals surface area (Å²) in [6, 6.07) is 13.4. The van der Waals surface area contributed by atoms with Crippen molar-refractivity contribution < 1.29 is 9.13 Å². The molecule has 0 aliphatic heterocycles. The van der Waals surface area contributed by atoms with Gasteiger partial charge in [0.2, 0.25) is 0 Å². The average molecular weight is 270 g/mol. The maximum atomic E-state index is 14.0. The maximum absolute atomic E-state index is 14.0. The number of hydrogen-bond donors (Lipinski definition) is 1. The molecule has 0 aliphatic carbocycles. The molecule has 2 aromatic rings. The Kier molecular flexibility index (Phi) is 4.34. The number of halogens is 1. The van der Waals surface area contributed by atoms with Crippen molar-refractivity contribution in [3.63, 3.8) is 0 Å². The summed E-state index contributed by atoms with van der Waals surface area (Å²) >= 11 is 0. The zero-order chi connectivity index (χ0) is 14.5. The number of rotatable bonds is 4. The van der Waals surface area contributed by atoms with Gasteiger partial charge in [-0.1, -0.05) is 18.2 Å². The summed E-state index contributed by atoms with van der Waals surface area (Å²) < 4.78 is 19.7. The highest BCUT2D eigenvalue weighted by atomic mass is 19.1. The van der Waals surface area contributed by atoms with Crippen molar-refractivity contribution in [2.24, 2.45) is 0 Å². The fourth-order valence-corrected chi connectivity index (χ4v) is 1.94. The number of nitrogens with one attached hydrogen (secondary N) is 1. The Hall–Kier alpha value is -2.38. The zero-order valence-electron chi connectivity index (χ0n) is 11.4. The van der Waals surface area contributed by atoms with E-state index in [1.807, 2.05) is 6.92 Å². The van der Waals surface area contributed by atoms with Crippen LogP contribution in [-0.2, 0) is 0 Å². The van der Waals surface area contributed by atoms with Gasteiger partial charge in [-0.2, -0.15) is 5.26 Å². The molecule has 0 amide bonds. The van der Waals surface area contributed by atoms with Crippen LogP contribution in [0.3, 0.4) is 0 Å². The molecule has 3 nitrogen and oxygen atoms in total. The van der Waals surface area contributed by atoms with Crippen molar-refractivity contribution in [3.8, 4) is 17.6 Å². The first-order valence-electron chi connectivity index (χ1n) is 6.30. The first-order valence-corrected chi connectivity index (χ1v) is 6.30. The molecular formula is C16H15FN2O. The lowest BCUT2D eigenvalue weighted by molar-refractivity contribution is 0.451. The smallest absolute Gasteiger partial charge is 0.145 e. The third kappa shape index (κ3) is 2.79. The Morgan fingerprint density at radius 3 is 2.55 bits per heavy atom. The lowest BCUT2D eigenvalue weighted by Gasteiger charge is -2.17. The largest absolute Gasteiger partial charge is 0.456 e. The van der Waals surface area contributed by atoms with Crippen LogP contribution in [0.1, 0.15) is 24.1 Å². The minimum Gasteiger partial charge on any atom is -0.456 e. The number of nitrogens with zero attached hydrogens (tertiary/aromatic N) is 1. The highest BCUT2D eigenvalue weighted by Crippen LogP contribution is 2.32.